The Kier molecular flexibility index (Phi) is 6.33. The summed E-state index contributed by atoms with van der Waals surface area (Å²) in [5.74, 6) is -0.248. The lowest BCUT2D eigenvalue weighted by atomic mass is 9.82. The zero-order chi connectivity index (χ0) is 24.5. The lowest BCUT2D eigenvalue weighted by Gasteiger charge is -2.34. The molecular weight excluding hydrogens is 516 g/mol. The van der Waals surface area contributed by atoms with E-state index < -0.39 is 21.3 Å². The third-order valence-corrected chi connectivity index (χ3v) is 7.41. The number of carbonyl (C=O) groups excluding carboxylic acids is 1. The number of sulfone groups is 1. The van der Waals surface area contributed by atoms with Crippen LogP contribution in [-0.4, -0.2) is 25.6 Å². The molecule has 174 valence electrons. The van der Waals surface area contributed by atoms with E-state index in [0.29, 0.717) is 22.6 Å². The molecule has 3 aromatic carbocycles. The molecule has 34 heavy (non-hydrogen) atoms. The molecule has 1 amide bonds. The number of amides is 1. The van der Waals surface area contributed by atoms with Crippen molar-refractivity contribution >= 4 is 54.0 Å². The standard InChI is InChI=1S/C25H23BrN4O3S/c1-34(32,33)22-8-3-2-5-17(22)15-25(24(28)31,18-6-4-7-19(26)14-18)30-20-9-10-21-16(13-20)11-12-29-23(21)27/h2-14,30H,15H2,1H3,(H2,27,29)(H2,28,31). The van der Waals surface area contributed by atoms with Gasteiger partial charge in [-0.05, 0) is 59.0 Å². The summed E-state index contributed by atoms with van der Waals surface area (Å²) in [6, 6.07) is 21.1. The van der Waals surface area contributed by atoms with E-state index in [-0.39, 0.29) is 11.3 Å². The number of aromatic nitrogens is 1. The molecule has 0 saturated carbocycles. The molecule has 0 spiro atoms. The fourth-order valence-corrected chi connectivity index (χ4v) is 5.43. The third-order valence-electron chi connectivity index (χ3n) is 5.72. The van der Waals surface area contributed by atoms with Crippen LogP contribution in [0.4, 0.5) is 11.5 Å². The Morgan fingerprint density at radius 1 is 1.06 bits per heavy atom. The van der Waals surface area contributed by atoms with Gasteiger partial charge in [-0.25, -0.2) is 13.4 Å². The maximum atomic E-state index is 13.2. The van der Waals surface area contributed by atoms with Gasteiger partial charge in [0.1, 0.15) is 11.4 Å². The van der Waals surface area contributed by atoms with Crippen LogP contribution < -0.4 is 16.8 Å². The molecule has 7 nitrogen and oxygen atoms in total. The number of nitrogens with zero attached hydrogens (tertiary/aromatic N) is 1. The van der Waals surface area contributed by atoms with Crippen LogP contribution in [0.25, 0.3) is 10.8 Å². The van der Waals surface area contributed by atoms with Gasteiger partial charge in [0.25, 0.3) is 0 Å². The Balaban J connectivity index is 1.91. The van der Waals surface area contributed by atoms with Crippen molar-refractivity contribution in [2.75, 3.05) is 17.3 Å². The molecule has 5 N–H and O–H groups in total. The number of hydrogen-bond donors (Lipinski definition) is 3. The number of nitrogens with one attached hydrogen (secondary N) is 1. The van der Waals surface area contributed by atoms with Gasteiger partial charge in [-0.1, -0.05) is 46.3 Å². The summed E-state index contributed by atoms with van der Waals surface area (Å²) in [6.45, 7) is 0. The first-order valence-electron chi connectivity index (χ1n) is 10.4. The van der Waals surface area contributed by atoms with Crippen molar-refractivity contribution in [1.29, 1.82) is 0 Å². The summed E-state index contributed by atoms with van der Waals surface area (Å²) in [4.78, 5) is 17.4. The van der Waals surface area contributed by atoms with Crippen molar-refractivity contribution in [2.45, 2.75) is 16.9 Å². The van der Waals surface area contributed by atoms with Crippen molar-refractivity contribution < 1.29 is 13.2 Å². The van der Waals surface area contributed by atoms with Gasteiger partial charge in [0.05, 0.1) is 4.90 Å². The number of pyridine rings is 1. The molecule has 0 fully saturated rings. The number of nitrogen functional groups attached to an aromatic ring is 1. The van der Waals surface area contributed by atoms with Gasteiger partial charge in [0.2, 0.25) is 5.91 Å². The molecule has 1 atom stereocenters. The number of anilines is 2. The van der Waals surface area contributed by atoms with Gasteiger partial charge in [0.15, 0.2) is 9.84 Å². The Morgan fingerprint density at radius 2 is 1.82 bits per heavy atom. The van der Waals surface area contributed by atoms with Crippen LogP contribution >= 0.6 is 15.9 Å². The highest BCUT2D eigenvalue weighted by Crippen LogP contribution is 2.35. The maximum absolute atomic E-state index is 13.2. The molecule has 0 aliphatic heterocycles. The second-order valence-electron chi connectivity index (χ2n) is 8.09. The van der Waals surface area contributed by atoms with Gasteiger partial charge in [0, 0.05) is 34.4 Å². The molecule has 4 aromatic rings. The van der Waals surface area contributed by atoms with Crippen molar-refractivity contribution in [3.63, 3.8) is 0 Å². The normalized spacial score (nSPS) is 13.4. The second kappa shape index (κ2) is 9.08. The average molecular weight is 539 g/mol. The van der Waals surface area contributed by atoms with E-state index in [9.17, 15) is 13.2 Å². The van der Waals surface area contributed by atoms with Crippen LogP contribution in [0.3, 0.4) is 0 Å². The van der Waals surface area contributed by atoms with Crippen LogP contribution in [0.15, 0.2) is 88.4 Å². The number of primary amides is 1. The molecule has 9 heteroatoms. The van der Waals surface area contributed by atoms with Gasteiger partial charge in [-0.15, -0.1) is 0 Å². The zero-order valence-electron chi connectivity index (χ0n) is 18.3. The van der Waals surface area contributed by atoms with Crippen molar-refractivity contribution in [1.82, 2.24) is 4.98 Å². The van der Waals surface area contributed by atoms with E-state index in [2.05, 4.69) is 26.2 Å². The number of hydrogen-bond acceptors (Lipinski definition) is 6. The first-order valence-corrected chi connectivity index (χ1v) is 13.0. The molecule has 0 aliphatic carbocycles. The Morgan fingerprint density at radius 3 is 2.53 bits per heavy atom. The number of rotatable bonds is 7. The summed E-state index contributed by atoms with van der Waals surface area (Å²) < 4.78 is 25.7. The maximum Gasteiger partial charge on any atom is 0.248 e. The van der Waals surface area contributed by atoms with Crippen LogP contribution in [-0.2, 0) is 26.6 Å². The minimum absolute atomic E-state index is 0.0125. The molecule has 0 bridgehead atoms. The number of carbonyl (C=O) groups is 1. The lowest BCUT2D eigenvalue weighted by Crippen LogP contribution is -2.49. The van der Waals surface area contributed by atoms with E-state index in [1.807, 2.05) is 24.3 Å². The highest BCUT2D eigenvalue weighted by molar-refractivity contribution is 9.10. The summed E-state index contributed by atoms with van der Waals surface area (Å²) >= 11 is 3.46. The van der Waals surface area contributed by atoms with Crippen LogP contribution in [0, 0.1) is 0 Å². The monoisotopic (exact) mass is 538 g/mol. The van der Waals surface area contributed by atoms with Gasteiger partial charge in [-0.2, -0.15) is 0 Å². The third kappa shape index (κ3) is 4.62. The van der Waals surface area contributed by atoms with Gasteiger partial charge >= 0.3 is 0 Å². The summed E-state index contributed by atoms with van der Waals surface area (Å²) in [6.07, 6.45) is 2.77. The van der Waals surface area contributed by atoms with Crippen LogP contribution in [0.1, 0.15) is 11.1 Å². The predicted molar refractivity (Wildman–Crippen MR) is 138 cm³/mol. The highest BCUT2D eigenvalue weighted by Gasteiger charge is 2.40. The first-order chi connectivity index (χ1) is 16.1. The van der Waals surface area contributed by atoms with Gasteiger partial charge in [-0.3, -0.25) is 4.79 Å². The molecule has 1 heterocycles. The van der Waals surface area contributed by atoms with Crippen molar-refractivity contribution in [2.24, 2.45) is 5.73 Å². The number of fused-ring (bicyclic) bond motifs is 1. The first kappa shape index (κ1) is 23.7. The van der Waals surface area contributed by atoms with E-state index in [4.69, 9.17) is 11.5 Å². The van der Waals surface area contributed by atoms with E-state index in [1.54, 1.807) is 48.7 Å². The molecule has 1 aromatic heterocycles. The molecule has 0 aliphatic rings. The molecule has 0 radical (unpaired) electrons. The second-order valence-corrected chi connectivity index (χ2v) is 11.0. The molecule has 1 unspecified atom stereocenters. The molecule has 4 rings (SSSR count). The SMILES string of the molecule is CS(=O)(=O)c1ccccc1CC(Nc1ccc2c(N)nccc2c1)(C(N)=O)c1cccc(Br)c1. The van der Waals surface area contributed by atoms with E-state index in [0.717, 1.165) is 21.5 Å². The minimum atomic E-state index is -3.54. The lowest BCUT2D eigenvalue weighted by molar-refractivity contribution is -0.122. The van der Waals surface area contributed by atoms with E-state index in [1.165, 1.54) is 6.07 Å². The predicted octanol–water partition coefficient (Wildman–Crippen LogP) is 4.02. The minimum Gasteiger partial charge on any atom is -0.383 e. The summed E-state index contributed by atoms with van der Waals surface area (Å²) in [5.41, 5.74) is 12.3. The molecular formula is C25H23BrN4O3S. The Hall–Kier alpha value is -3.43. The summed E-state index contributed by atoms with van der Waals surface area (Å²) in [5, 5.41) is 4.94. The Bertz CT molecular complexity index is 1510. The molecule has 0 saturated heterocycles. The van der Waals surface area contributed by atoms with Crippen LogP contribution in [0.5, 0.6) is 0 Å². The fraction of sp³-hybridized carbons (Fsp3) is 0.120. The fourth-order valence-electron chi connectivity index (χ4n) is 4.09. The van der Waals surface area contributed by atoms with Crippen molar-refractivity contribution in [3.8, 4) is 0 Å². The highest BCUT2D eigenvalue weighted by atomic mass is 79.9. The van der Waals surface area contributed by atoms with Crippen molar-refractivity contribution in [3.05, 3.63) is 94.6 Å². The smallest absolute Gasteiger partial charge is 0.248 e. The van der Waals surface area contributed by atoms with Gasteiger partial charge < -0.3 is 16.8 Å². The number of benzene rings is 3. The van der Waals surface area contributed by atoms with Crippen LogP contribution in [0.2, 0.25) is 0 Å². The zero-order valence-corrected chi connectivity index (χ0v) is 20.7. The average Bonchev–Trinajstić information content (AvgIpc) is 2.78. The largest absolute Gasteiger partial charge is 0.383 e. The Labute approximate surface area is 206 Å². The number of nitrogens with two attached hydrogens (primary N) is 2. The number of halogens is 1. The quantitative estimate of drug-likeness (QED) is 0.326. The summed E-state index contributed by atoms with van der Waals surface area (Å²) in [7, 11) is -3.54. The topological polar surface area (TPSA) is 128 Å². The van der Waals surface area contributed by atoms with E-state index >= 15 is 0 Å².